The van der Waals surface area contributed by atoms with E-state index in [4.69, 9.17) is 14.2 Å². The molecule has 3 saturated carbocycles. The van der Waals surface area contributed by atoms with Gasteiger partial charge < -0.3 is 24.6 Å². The van der Waals surface area contributed by atoms with Gasteiger partial charge in [0.05, 0.1) is 6.61 Å². The lowest BCUT2D eigenvalue weighted by Crippen LogP contribution is -2.53. The summed E-state index contributed by atoms with van der Waals surface area (Å²) in [5, 5.41) is 14.2. The van der Waals surface area contributed by atoms with E-state index in [0.29, 0.717) is 37.1 Å². The molecule has 3 fully saturated rings. The minimum atomic E-state index is -1.49. The third-order valence-corrected chi connectivity index (χ3v) is 12.6. The zero-order valence-electron chi connectivity index (χ0n) is 30.6. The standard InChI is InChI=1S/C39H67NO6/c1-27(2)14-13-15-28(3)31-18-19-32-30-17-16-29-26-39(43,23-22-37(29,7)33(30)20-21-38(31,32)8)46-35(42)44-25-12-10-9-11-24-40-34(41)45-36(4,5)6/h16,27-28,30-33,43H,9-15,17-26H2,1-8H3,(H,40,41)/t28-,30+,31-,32+,33+,37+,38-,39-/m1/s1. The van der Waals surface area contributed by atoms with Gasteiger partial charge in [0.1, 0.15) is 5.60 Å². The van der Waals surface area contributed by atoms with E-state index in [1.807, 2.05) is 20.8 Å². The van der Waals surface area contributed by atoms with Crippen LogP contribution < -0.4 is 5.32 Å². The van der Waals surface area contributed by atoms with Crippen LogP contribution in [0.2, 0.25) is 0 Å². The molecule has 7 heteroatoms. The summed E-state index contributed by atoms with van der Waals surface area (Å²) in [6, 6.07) is 0. The minimum Gasteiger partial charge on any atom is -0.444 e. The lowest BCUT2D eigenvalue weighted by atomic mass is 9.46. The topological polar surface area (TPSA) is 94.1 Å². The molecule has 8 atom stereocenters. The van der Waals surface area contributed by atoms with E-state index in [0.717, 1.165) is 61.7 Å². The van der Waals surface area contributed by atoms with Gasteiger partial charge in [0.15, 0.2) is 0 Å². The van der Waals surface area contributed by atoms with Crippen molar-refractivity contribution in [1.29, 1.82) is 0 Å². The molecular formula is C39H67NO6. The molecule has 0 aromatic rings. The Kier molecular flexibility index (Phi) is 12.2. The Bertz CT molecular complexity index is 1070. The molecule has 7 nitrogen and oxygen atoms in total. The number of nitrogens with one attached hydrogen (secondary N) is 1. The molecule has 2 N–H and O–H groups in total. The van der Waals surface area contributed by atoms with Crippen LogP contribution in [0.5, 0.6) is 0 Å². The molecule has 0 aromatic heterocycles. The predicted molar refractivity (Wildman–Crippen MR) is 183 cm³/mol. The summed E-state index contributed by atoms with van der Waals surface area (Å²) in [5.74, 6) is 3.14. The number of allylic oxidation sites excluding steroid dienone is 1. The van der Waals surface area contributed by atoms with E-state index >= 15 is 0 Å². The van der Waals surface area contributed by atoms with Crippen LogP contribution in [0.4, 0.5) is 9.59 Å². The van der Waals surface area contributed by atoms with E-state index in [-0.39, 0.29) is 12.0 Å². The third kappa shape index (κ3) is 9.02. The van der Waals surface area contributed by atoms with Gasteiger partial charge in [0.25, 0.3) is 0 Å². The third-order valence-electron chi connectivity index (χ3n) is 12.6. The maximum Gasteiger partial charge on any atom is 0.510 e. The second-order valence-electron chi connectivity index (χ2n) is 17.5. The maximum absolute atomic E-state index is 12.6. The molecule has 1 amide bonds. The Hall–Kier alpha value is -1.76. The van der Waals surface area contributed by atoms with Crippen molar-refractivity contribution < 1.29 is 28.9 Å². The molecule has 0 unspecified atom stereocenters. The number of hydrogen-bond donors (Lipinski definition) is 2. The Balaban J connectivity index is 1.21. The Morgan fingerprint density at radius 1 is 0.957 bits per heavy atom. The summed E-state index contributed by atoms with van der Waals surface area (Å²) >= 11 is 0. The van der Waals surface area contributed by atoms with Crippen molar-refractivity contribution in [3.05, 3.63) is 11.6 Å². The van der Waals surface area contributed by atoms with Crippen molar-refractivity contribution in [3.63, 3.8) is 0 Å². The highest BCUT2D eigenvalue weighted by atomic mass is 16.8. The van der Waals surface area contributed by atoms with Crippen LogP contribution >= 0.6 is 0 Å². The molecule has 0 bridgehead atoms. The quantitative estimate of drug-likeness (QED) is 0.0896. The SMILES string of the molecule is CC(C)CCC[C@@H](C)[C@H]1CC[C@H]2[C@@H]3CC=C4C[C@](O)(OC(=O)OCCCCCCNC(=O)OC(C)(C)C)CC[C@]4(C)[C@H]3CC[C@]12C. The van der Waals surface area contributed by atoms with Crippen molar-refractivity contribution in [3.8, 4) is 0 Å². The lowest BCUT2D eigenvalue weighted by molar-refractivity contribution is -0.200. The van der Waals surface area contributed by atoms with Gasteiger partial charge >= 0.3 is 12.2 Å². The van der Waals surface area contributed by atoms with Crippen molar-refractivity contribution in [2.45, 2.75) is 163 Å². The second-order valence-corrected chi connectivity index (χ2v) is 17.5. The summed E-state index contributed by atoms with van der Waals surface area (Å²) in [6.45, 7) is 18.6. The molecule has 0 spiro atoms. The lowest BCUT2D eigenvalue weighted by Gasteiger charge is -2.59. The number of alkyl carbamates (subject to hydrolysis) is 1. The first kappa shape index (κ1) is 37.1. The van der Waals surface area contributed by atoms with Crippen molar-refractivity contribution in [2.75, 3.05) is 13.2 Å². The number of aliphatic hydroxyl groups is 1. The van der Waals surface area contributed by atoms with Crippen LogP contribution in [0, 0.1) is 46.3 Å². The monoisotopic (exact) mass is 645 g/mol. The molecule has 264 valence electrons. The van der Waals surface area contributed by atoms with E-state index in [1.165, 1.54) is 50.5 Å². The molecule has 0 saturated heterocycles. The van der Waals surface area contributed by atoms with Gasteiger partial charge in [0, 0.05) is 19.4 Å². The van der Waals surface area contributed by atoms with E-state index < -0.39 is 23.6 Å². The second kappa shape index (κ2) is 15.2. The highest BCUT2D eigenvalue weighted by Crippen LogP contribution is 2.67. The van der Waals surface area contributed by atoms with Gasteiger partial charge in [-0.2, -0.15) is 0 Å². The van der Waals surface area contributed by atoms with E-state index in [2.05, 4.69) is 46.0 Å². The summed E-state index contributed by atoms with van der Waals surface area (Å²) in [5.41, 5.74) is 1.32. The smallest absolute Gasteiger partial charge is 0.444 e. The van der Waals surface area contributed by atoms with E-state index in [1.54, 1.807) is 0 Å². The van der Waals surface area contributed by atoms with Gasteiger partial charge in [-0.1, -0.05) is 72.0 Å². The van der Waals surface area contributed by atoms with Crippen LogP contribution in [0.25, 0.3) is 0 Å². The Morgan fingerprint density at radius 2 is 1.70 bits per heavy atom. The molecule has 4 aliphatic carbocycles. The number of hydrogen-bond acceptors (Lipinski definition) is 6. The molecule has 0 heterocycles. The zero-order chi connectivity index (χ0) is 33.8. The number of unbranched alkanes of at least 4 members (excludes halogenated alkanes) is 3. The van der Waals surface area contributed by atoms with Gasteiger partial charge in [-0.15, -0.1) is 0 Å². The fourth-order valence-corrected chi connectivity index (χ4v) is 10.2. The molecule has 46 heavy (non-hydrogen) atoms. The Labute approximate surface area is 280 Å². The van der Waals surface area contributed by atoms with Gasteiger partial charge in [0.2, 0.25) is 5.79 Å². The number of rotatable bonds is 13. The summed E-state index contributed by atoms with van der Waals surface area (Å²) in [7, 11) is 0. The molecule has 0 radical (unpaired) electrons. The normalized spacial score (nSPS) is 34.5. The first-order valence-electron chi connectivity index (χ1n) is 18.8. The highest BCUT2D eigenvalue weighted by Gasteiger charge is 2.60. The predicted octanol–water partition coefficient (Wildman–Crippen LogP) is 9.95. The molecule has 4 aliphatic rings. The number of amides is 1. The maximum atomic E-state index is 12.6. The largest absolute Gasteiger partial charge is 0.510 e. The van der Waals surface area contributed by atoms with Gasteiger partial charge in [-0.05, 0) is 125 Å². The van der Waals surface area contributed by atoms with Crippen LogP contribution in [-0.4, -0.2) is 41.9 Å². The summed E-state index contributed by atoms with van der Waals surface area (Å²) in [6.07, 6.45) is 16.8. The fourth-order valence-electron chi connectivity index (χ4n) is 10.2. The fraction of sp³-hybridized carbons (Fsp3) is 0.897. The van der Waals surface area contributed by atoms with Crippen molar-refractivity contribution in [2.24, 2.45) is 46.3 Å². The van der Waals surface area contributed by atoms with Gasteiger partial charge in [-0.3, -0.25) is 0 Å². The molecule has 0 aliphatic heterocycles. The number of fused-ring (bicyclic) bond motifs is 5. The van der Waals surface area contributed by atoms with Crippen LogP contribution in [0.15, 0.2) is 11.6 Å². The minimum absolute atomic E-state index is 0.0725. The first-order chi connectivity index (χ1) is 21.6. The van der Waals surface area contributed by atoms with Crippen LogP contribution in [-0.2, 0) is 14.2 Å². The summed E-state index contributed by atoms with van der Waals surface area (Å²) < 4.78 is 16.2. The number of carbonyl (C=O) groups excluding carboxylic acids is 2. The molecule has 4 rings (SSSR count). The number of ether oxygens (including phenoxy) is 3. The molecule has 0 aromatic carbocycles. The average Bonchev–Trinajstić information content (AvgIpc) is 3.31. The highest BCUT2D eigenvalue weighted by molar-refractivity contribution is 5.67. The molecular weight excluding hydrogens is 578 g/mol. The average molecular weight is 646 g/mol. The van der Waals surface area contributed by atoms with Crippen LogP contribution in [0.3, 0.4) is 0 Å². The Morgan fingerprint density at radius 3 is 2.41 bits per heavy atom. The van der Waals surface area contributed by atoms with Gasteiger partial charge in [-0.25, -0.2) is 9.59 Å². The van der Waals surface area contributed by atoms with Crippen molar-refractivity contribution in [1.82, 2.24) is 5.32 Å². The first-order valence-corrected chi connectivity index (χ1v) is 18.8. The van der Waals surface area contributed by atoms with Crippen molar-refractivity contribution >= 4 is 12.2 Å². The zero-order valence-corrected chi connectivity index (χ0v) is 30.6. The number of carbonyl (C=O) groups is 2. The van der Waals surface area contributed by atoms with Crippen LogP contribution in [0.1, 0.15) is 152 Å². The van der Waals surface area contributed by atoms with E-state index in [9.17, 15) is 14.7 Å². The summed E-state index contributed by atoms with van der Waals surface area (Å²) in [4.78, 5) is 24.3.